The summed E-state index contributed by atoms with van der Waals surface area (Å²) in [4.78, 5) is 24.6. The standard InChI is InChI=1S/C13H19N3O3/c1-8(2)11-6-10(14-15(11)3)13(19)16(7-12(17)18)9-4-5-9/h6,8-9H,4-5,7H2,1-3H3,(H,17,18). The molecule has 1 aliphatic rings. The molecular formula is C13H19N3O3. The molecule has 1 aromatic heterocycles. The van der Waals surface area contributed by atoms with Gasteiger partial charge in [0.15, 0.2) is 5.69 Å². The van der Waals surface area contributed by atoms with Gasteiger partial charge in [0, 0.05) is 18.8 Å². The maximum atomic E-state index is 12.3. The van der Waals surface area contributed by atoms with Gasteiger partial charge >= 0.3 is 5.97 Å². The number of carboxylic acid groups (broad SMARTS) is 1. The molecule has 1 saturated carbocycles. The van der Waals surface area contributed by atoms with Gasteiger partial charge in [0.2, 0.25) is 0 Å². The Morgan fingerprint density at radius 3 is 2.58 bits per heavy atom. The van der Waals surface area contributed by atoms with Crippen molar-refractivity contribution in [1.29, 1.82) is 0 Å². The quantitative estimate of drug-likeness (QED) is 0.869. The van der Waals surface area contributed by atoms with Gasteiger partial charge in [-0.3, -0.25) is 14.3 Å². The number of aliphatic carboxylic acids is 1. The van der Waals surface area contributed by atoms with Crippen LogP contribution in [0.5, 0.6) is 0 Å². The molecule has 0 aromatic carbocycles. The lowest BCUT2D eigenvalue weighted by molar-refractivity contribution is -0.137. The molecular weight excluding hydrogens is 246 g/mol. The Balaban J connectivity index is 2.21. The average Bonchev–Trinajstić information content (AvgIpc) is 3.07. The first-order valence-electron chi connectivity index (χ1n) is 6.47. The number of aromatic nitrogens is 2. The van der Waals surface area contributed by atoms with Crippen LogP contribution in [0.2, 0.25) is 0 Å². The number of nitrogens with zero attached hydrogens (tertiary/aromatic N) is 3. The van der Waals surface area contributed by atoms with Gasteiger partial charge in [-0.15, -0.1) is 0 Å². The van der Waals surface area contributed by atoms with Gasteiger partial charge in [0.05, 0.1) is 0 Å². The first-order chi connectivity index (χ1) is 8.90. The molecule has 1 heterocycles. The van der Waals surface area contributed by atoms with Crippen LogP contribution in [0.25, 0.3) is 0 Å². The van der Waals surface area contributed by atoms with Crippen molar-refractivity contribution in [3.05, 3.63) is 17.5 Å². The van der Waals surface area contributed by atoms with Gasteiger partial charge in [0.1, 0.15) is 6.54 Å². The first-order valence-corrected chi connectivity index (χ1v) is 6.47. The number of carbonyl (C=O) groups excluding carboxylic acids is 1. The monoisotopic (exact) mass is 265 g/mol. The van der Waals surface area contributed by atoms with E-state index in [1.165, 1.54) is 4.90 Å². The van der Waals surface area contributed by atoms with Crippen LogP contribution in [0.3, 0.4) is 0 Å². The Kier molecular flexibility index (Phi) is 3.59. The molecule has 0 unspecified atom stereocenters. The summed E-state index contributed by atoms with van der Waals surface area (Å²) in [6, 6.07) is 1.82. The molecule has 0 atom stereocenters. The van der Waals surface area contributed by atoms with Crippen molar-refractivity contribution in [3.63, 3.8) is 0 Å². The Morgan fingerprint density at radius 2 is 2.16 bits per heavy atom. The molecule has 0 saturated heterocycles. The number of hydrogen-bond donors (Lipinski definition) is 1. The SMILES string of the molecule is CC(C)c1cc(C(=O)N(CC(=O)O)C2CC2)nn1C. The molecule has 1 amide bonds. The second-order valence-electron chi connectivity index (χ2n) is 5.29. The van der Waals surface area contributed by atoms with E-state index in [-0.39, 0.29) is 24.4 Å². The van der Waals surface area contributed by atoms with Crippen molar-refractivity contribution in [3.8, 4) is 0 Å². The summed E-state index contributed by atoms with van der Waals surface area (Å²) in [6.45, 7) is 3.81. The van der Waals surface area contributed by atoms with E-state index in [1.807, 2.05) is 13.8 Å². The van der Waals surface area contributed by atoms with Crippen molar-refractivity contribution in [2.45, 2.75) is 38.6 Å². The highest BCUT2D eigenvalue weighted by Gasteiger charge is 2.35. The van der Waals surface area contributed by atoms with Gasteiger partial charge in [0.25, 0.3) is 5.91 Å². The average molecular weight is 265 g/mol. The molecule has 0 aliphatic heterocycles. The Morgan fingerprint density at radius 1 is 1.53 bits per heavy atom. The van der Waals surface area contributed by atoms with E-state index in [9.17, 15) is 9.59 Å². The zero-order valence-electron chi connectivity index (χ0n) is 11.5. The van der Waals surface area contributed by atoms with Crippen molar-refractivity contribution >= 4 is 11.9 Å². The number of rotatable bonds is 5. The van der Waals surface area contributed by atoms with Crippen molar-refractivity contribution in [2.24, 2.45) is 7.05 Å². The van der Waals surface area contributed by atoms with Crippen LogP contribution in [0.4, 0.5) is 0 Å². The van der Waals surface area contributed by atoms with Crippen LogP contribution >= 0.6 is 0 Å². The van der Waals surface area contributed by atoms with E-state index in [1.54, 1.807) is 17.8 Å². The molecule has 0 radical (unpaired) electrons. The van der Waals surface area contributed by atoms with E-state index in [4.69, 9.17) is 5.11 Å². The molecule has 2 rings (SSSR count). The number of carbonyl (C=O) groups is 2. The fourth-order valence-electron chi connectivity index (χ4n) is 2.17. The zero-order valence-corrected chi connectivity index (χ0v) is 11.5. The maximum absolute atomic E-state index is 12.3. The molecule has 19 heavy (non-hydrogen) atoms. The number of carboxylic acids is 1. The minimum absolute atomic E-state index is 0.0631. The molecule has 6 heteroatoms. The summed E-state index contributed by atoms with van der Waals surface area (Å²) < 4.78 is 1.68. The predicted molar refractivity (Wildman–Crippen MR) is 69.0 cm³/mol. The van der Waals surface area contributed by atoms with E-state index >= 15 is 0 Å². The van der Waals surface area contributed by atoms with Crippen molar-refractivity contribution in [1.82, 2.24) is 14.7 Å². The molecule has 104 valence electrons. The van der Waals surface area contributed by atoms with Crippen LogP contribution in [0, 0.1) is 0 Å². The van der Waals surface area contributed by atoms with E-state index in [0.717, 1.165) is 18.5 Å². The Labute approximate surface area is 112 Å². The maximum Gasteiger partial charge on any atom is 0.323 e. The summed E-state index contributed by atoms with van der Waals surface area (Å²) in [6.07, 6.45) is 1.76. The fraction of sp³-hybridized carbons (Fsp3) is 0.615. The van der Waals surface area contributed by atoms with Gasteiger partial charge < -0.3 is 10.0 Å². The highest BCUT2D eigenvalue weighted by atomic mass is 16.4. The van der Waals surface area contributed by atoms with E-state index in [0.29, 0.717) is 5.69 Å². The molecule has 1 aliphatic carbocycles. The summed E-state index contributed by atoms with van der Waals surface area (Å²) in [5.74, 6) is -0.999. The third-order valence-corrected chi connectivity index (χ3v) is 3.28. The van der Waals surface area contributed by atoms with Crippen LogP contribution < -0.4 is 0 Å². The molecule has 6 nitrogen and oxygen atoms in total. The minimum atomic E-state index is -0.986. The summed E-state index contributed by atoms with van der Waals surface area (Å²) in [5, 5.41) is 13.1. The Hall–Kier alpha value is -1.85. The third kappa shape index (κ3) is 2.94. The number of hydrogen-bond acceptors (Lipinski definition) is 3. The van der Waals surface area contributed by atoms with Crippen LogP contribution in [-0.4, -0.2) is 44.3 Å². The van der Waals surface area contributed by atoms with E-state index in [2.05, 4.69) is 5.10 Å². The lowest BCUT2D eigenvalue weighted by atomic mass is 10.1. The highest BCUT2D eigenvalue weighted by molar-refractivity contribution is 5.94. The molecule has 0 spiro atoms. The van der Waals surface area contributed by atoms with Gasteiger partial charge in [-0.05, 0) is 24.8 Å². The minimum Gasteiger partial charge on any atom is -0.480 e. The van der Waals surface area contributed by atoms with Gasteiger partial charge in [-0.2, -0.15) is 5.10 Å². The van der Waals surface area contributed by atoms with Crippen LogP contribution in [-0.2, 0) is 11.8 Å². The zero-order chi connectivity index (χ0) is 14.2. The predicted octanol–water partition coefficient (Wildman–Crippen LogP) is 1.23. The highest BCUT2D eigenvalue weighted by Crippen LogP contribution is 2.28. The fourth-order valence-corrected chi connectivity index (χ4v) is 2.17. The second-order valence-corrected chi connectivity index (χ2v) is 5.29. The van der Waals surface area contributed by atoms with Crippen LogP contribution in [0.15, 0.2) is 6.07 Å². The van der Waals surface area contributed by atoms with Crippen molar-refractivity contribution in [2.75, 3.05) is 6.54 Å². The second kappa shape index (κ2) is 5.03. The van der Waals surface area contributed by atoms with E-state index < -0.39 is 5.97 Å². The Bertz CT molecular complexity index is 503. The van der Waals surface area contributed by atoms with Gasteiger partial charge in [-0.1, -0.05) is 13.8 Å². The summed E-state index contributed by atoms with van der Waals surface area (Å²) in [5.41, 5.74) is 1.30. The lowest BCUT2D eigenvalue weighted by Crippen LogP contribution is -2.37. The third-order valence-electron chi connectivity index (χ3n) is 3.28. The molecule has 1 N–H and O–H groups in total. The van der Waals surface area contributed by atoms with Crippen LogP contribution in [0.1, 0.15) is 48.8 Å². The molecule has 0 bridgehead atoms. The number of amides is 1. The van der Waals surface area contributed by atoms with Crippen molar-refractivity contribution < 1.29 is 14.7 Å². The number of aryl methyl sites for hydroxylation is 1. The van der Waals surface area contributed by atoms with Gasteiger partial charge in [-0.25, -0.2) is 0 Å². The molecule has 1 fully saturated rings. The normalized spacial score (nSPS) is 14.7. The topological polar surface area (TPSA) is 75.4 Å². The smallest absolute Gasteiger partial charge is 0.323 e. The summed E-state index contributed by atoms with van der Waals surface area (Å²) in [7, 11) is 1.80. The lowest BCUT2D eigenvalue weighted by Gasteiger charge is -2.18. The largest absolute Gasteiger partial charge is 0.480 e. The molecule has 1 aromatic rings. The first kappa shape index (κ1) is 13.6. The summed E-state index contributed by atoms with van der Waals surface area (Å²) >= 11 is 0.